The molecule has 0 aromatic heterocycles. The molecule has 72 valence electrons. The molecule has 1 heterocycles. The summed E-state index contributed by atoms with van der Waals surface area (Å²) < 4.78 is 4.25. The van der Waals surface area contributed by atoms with Gasteiger partial charge in [0.25, 0.3) is 5.91 Å². The lowest BCUT2D eigenvalue weighted by molar-refractivity contribution is -0.150. The Labute approximate surface area is 72.0 Å². The van der Waals surface area contributed by atoms with Crippen LogP contribution in [0.25, 0.3) is 0 Å². The summed E-state index contributed by atoms with van der Waals surface area (Å²) in [6, 6.07) is 0. The number of hydrogen-bond donors (Lipinski definition) is 4. The molecule has 7 heteroatoms. The van der Waals surface area contributed by atoms with Crippen molar-refractivity contribution in [2.45, 2.75) is 12.2 Å². The van der Waals surface area contributed by atoms with Crippen LogP contribution in [0, 0.1) is 0 Å². The van der Waals surface area contributed by atoms with Gasteiger partial charge in [-0.1, -0.05) is 0 Å². The molecule has 0 aromatic carbocycles. The van der Waals surface area contributed by atoms with Gasteiger partial charge in [-0.3, -0.25) is 4.79 Å². The van der Waals surface area contributed by atoms with Crippen LogP contribution in [-0.2, 0) is 14.3 Å². The first-order chi connectivity index (χ1) is 5.95. The second-order valence-corrected chi connectivity index (χ2v) is 2.41. The molecule has 0 fully saturated rings. The average molecular weight is 189 g/mol. The van der Waals surface area contributed by atoms with Crippen molar-refractivity contribution in [2.75, 3.05) is 0 Å². The summed E-state index contributed by atoms with van der Waals surface area (Å²) in [6.07, 6.45) is -3.47. The summed E-state index contributed by atoms with van der Waals surface area (Å²) in [5.74, 6) is -4.29. The number of ether oxygens (including phenoxy) is 1. The smallest absolute Gasteiger partial charge is 0.378 e. The fraction of sp³-hybridized carbons (Fsp3) is 0.333. The maximum atomic E-state index is 10.6. The van der Waals surface area contributed by atoms with Gasteiger partial charge >= 0.3 is 5.97 Å². The summed E-state index contributed by atoms with van der Waals surface area (Å²) >= 11 is 0. The zero-order valence-electron chi connectivity index (χ0n) is 6.30. The Morgan fingerprint density at radius 2 is 2.08 bits per heavy atom. The highest BCUT2D eigenvalue weighted by atomic mass is 16.6. The lowest BCUT2D eigenvalue weighted by Crippen LogP contribution is -2.40. The molecular formula is C6H7NO6. The molecule has 0 unspecified atom stereocenters. The van der Waals surface area contributed by atoms with Crippen LogP contribution in [0.4, 0.5) is 0 Å². The van der Waals surface area contributed by atoms with Crippen LogP contribution in [0.15, 0.2) is 11.5 Å². The molecule has 0 aliphatic carbocycles. The van der Waals surface area contributed by atoms with Crippen LogP contribution in [0.1, 0.15) is 0 Å². The van der Waals surface area contributed by atoms with Crippen LogP contribution in [0.2, 0.25) is 0 Å². The van der Waals surface area contributed by atoms with Crippen molar-refractivity contribution in [3.8, 4) is 0 Å². The molecule has 0 bridgehead atoms. The van der Waals surface area contributed by atoms with E-state index in [1.807, 2.05) is 0 Å². The van der Waals surface area contributed by atoms with Crippen molar-refractivity contribution in [2.24, 2.45) is 5.73 Å². The monoisotopic (exact) mass is 189 g/mol. The van der Waals surface area contributed by atoms with E-state index >= 15 is 0 Å². The first kappa shape index (κ1) is 9.33. The van der Waals surface area contributed by atoms with Gasteiger partial charge in [0.1, 0.15) is 0 Å². The topological polar surface area (TPSA) is 130 Å². The summed E-state index contributed by atoms with van der Waals surface area (Å²) in [5.41, 5.74) is 4.67. The predicted molar refractivity (Wildman–Crippen MR) is 37.4 cm³/mol. The van der Waals surface area contributed by atoms with E-state index in [0.717, 1.165) is 0 Å². The van der Waals surface area contributed by atoms with Gasteiger partial charge < -0.3 is 25.8 Å². The van der Waals surface area contributed by atoms with Crippen molar-refractivity contribution in [3.05, 3.63) is 11.5 Å². The van der Waals surface area contributed by atoms with E-state index < -0.39 is 35.6 Å². The van der Waals surface area contributed by atoms with Crippen molar-refractivity contribution in [3.63, 3.8) is 0 Å². The van der Waals surface area contributed by atoms with Crippen LogP contribution < -0.4 is 5.73 Å². The Morgan fingerprint density at radius 3 is 2.38 bits per heavy atom. The third-order valence-corrected chi connectivity index (χ3v) is 1.52. The Bertz CT molecular complexity index is 295. The standard InChI is InChI=1S/C6H7NO6/c7-5(11)3(10)4-1(8)2(9)6(12)13-4/h3-4,8-10H,(H2,7,11)/t3-,4-/m0/s1. The van der Waals surface area contributed by atoms with Gasteiger partial charge in [0.05, 0.1) is 0 Å². The van der Waals surface area contributed by atoms with Gasteiger partial charge in [0.15, 0.2) is 18.0 Å². The molecule has 1 amide bonds. The minimum absolute atomic E-state index is 0.892. The molecule has 0 saturated heterocycles. The minimum atomic E-state index is -1.87. The zero-order valence-corrected chi connectivity index (χ0v) is 6.30. The van der Waals surface area contributed by atoms with E-state index in [9.17, 15) is 9.59 Å². The number of hydrogen-bond acceptors (Lipinski definition) is 6. The Morgan fingerprint density at radius 1 is 1.54 bits per heavy atom. The third-order valence-electron chi connectivity index (χ3n) is 1.52. The van der Waals surface area contributed by atoms with E-state index in [0.29, 0.717) is 0 Å². The molecular weight excluding hydrogens is 182 g/mol. The molecule has 2 atom stereocenters. The summed E-state index contributed by atoms with van der Waals surface area (Å²) in [5, 5.41) is 26.7. The van der Waals surface area contributed by atoms with E-state index in [-0.39, 0.29) is 0 Å². The Balaban J connectivity index is 2.88. The number of carbonyl (C=O) groups is 2. The number of amides is 1. The summed E-state index contributed by atoms with van der Waals surface area (Å²) in [7, 11) is 0. The minimum Gasteiger partial charge on any atom is -0.505 e. The molecule has 13 heavy (non-hydrogen) atoms. The predicted octanol–water partition coefficient (Wildman–Crippen LogP) is -1.91. The van der Waals surface area contributed by atoms with Crippen LogP contribution in [0.3, 0.4) is 0 Å². The van der Waals surface area contributed by atoms with Gasteiger partial charge in [0, 0.05) is 0 Å². The Hall–Kier alpha value is -1.76. The van der Waals surface area contributed by atoms with Gasteiger partial charge in [-0.15, -0.1) is 0 Å². The first-order valence-corrected chi connectivity index (χ1v) is 3.25. The highest BCUT2D eigenvalue weighted by molar-refractivity contribution is 5.90. The van der Waals surface area contributed by atoms with Crippen LogP contribution in [0.5, 0.6) is 0 Å². The van der Waals surface area contributed by atoms with Crippen LogP contribution >= 0.6 is 0 Å². The molecule has 1 aliphatic rings. The number of primary amides is 1. The second kappa shape index (κ2) is 2.94. The molecule has 1 aliphatic heterocycles. The zero-order chi connectivity index (χ0) is 10.2. The van der Waals surface area contributed by atoms with E-state index in [1.54, 1.807) is 0 Å². The summed E-state index contributed by atoms with van der Waals surface area (Å²) in [4.78, 5) is 21.0. The number of cyclic esters (lactones) is 1. The fourth-order valence-electron chi connectivity index (χ4n) is 0.829. The number of carbonyl (C=O) groups excluding carboxylic acids is 2. The number of nitrogens with two attached hydrogens (primary N) is 1. The number of rotatable bonds is 2. The molecule has 5 N–H and O–H groups in total. The number of aliphatic hydroxyl groups excluding tert-OH is 3. The van der Waals surface area contributed by atoms with E-state index in [4.69, 9.17) is 15.3 Å². The fourth-order valence-corrected chi connectivity index (χ4v) is 0.829. The second-order valence-electron chi connectivity index (χ2n) is 2.41. The molecule has 0 spiro atoms. The van der Waals surface area contributed by atoms with Gasteiger partial charge in [-0.25, -0.2) is 4.79 Å². The van der Waals surface area contributed by atoms with E-state index in [1.165, 1.54) is 0 Å². The molecule has 7 nitrogen and oxygen atoms in total. The van der Waals surface area contributed by atoms with Crippen molar-refractivity contribution >= 4 is 11.9 Å². The first-order valence-electron chi connectivity index (χ1n) is 3.25. The average Bonchev–Trinajstić information content (AvgIpc) is 2.31. The third kappa shape index (κ3) is 1.41. The molecule has 0 saturated carbocycles. The largest absolute Gasteiger partial charge is 0.505 e. The van der Waals surface area contributed by atoms with Crippen molar-refractivity contribution in [1.82, 2.24) is 0 Å². The Kier molecular flexibility index (Phi) is 2.11. The number of aliphatic hydroxyl groups is 3. The maximum Gasteiger partial charge on any atom is 0.378 e. The lowest BCUT2D eigenvalue weighted by Gasteiger charge is -2.13. The SMILES string of the molecule is NC(=O)[C@@H](O)[C@H]1OC(=O)C(O)=C1O. The quantitative estimate of drug-likeness (QED) is 0.375. The lowest BCUT2D eigenvalue weighted by atomic mass is 10.1. The van der Waals surface area contributed by atoms with Crippen molar-refractivity contribution < 1.29 is 29.6 Å². The highest BCUT2D eigenvalue weighted by Gasteiger charge is 2.41. The molecule has 1 rings (SSSR count). The normalized spacial score (nSPS) is 24.4. The maximum absolute atomic E-state index is 10.6. The van der Waals surface area contributed by atoms with Crippen molar-refractivity contribution in [1.29, 1.82) is 0 Å². The van der Waals surface area contributed by atoms with Crippen LogP contribution in [-0.4, -0.2) is 39.4 Å². The van der Waals surface area contributed by atoms with Gasteiger partial charge in [-0.2, -0.15) is 0 Å². The highest BCUT2D eigenvalue weighted by Crippen LogP contribution is 2.20. The number of esters is 1. The van der Waals surface area contributed by atoms with Gasteiger partial charge in [0.2, 0.25) is 5.76 Å². The summed E-state index contributed by atoms with van der Waals surface area (Å²) in [6.45, 7) is 0. The van der Waals surface area contributed by atoms with Gasteiger partial charge in [-0.05, 0) is 0 Å². The molecule has 0 aromatic rings. The molecule has 0 radical (unpaired) electrons. The van der Waals surface area contributed by atoms with E-state index in [2.05, 4.69) is 10.5 Å².